The number of nitrogens with one attached hydrogen (secondary N) is 1. The van der Waals surface area contributed by atoms with Crippen LogP contribution >= 0.6 is 0 Å². The number of benzene rings is 2. The van der Waals surface area contributed by atoms with Crippen LogP contribution < -0.4 is 9.62 Å². The van der Waals surface area contributed by atoms with Crippen LogP contribution in [0.3, 0.4) is 0 Å². The number of aryl methyl sites for hydroxylation is 1. The third-order valence-corrected chi connectivity index (χ3v) is 6.48. The van der Waals surface area contributed by atoms with Crippen LogP contribution in [0.15, 0.2) is 47.4 Å². The van der Waals surface area contributed by atoms with Crippen LogP contribution in [0.4, 0.5) is 10.1 Å². The van der Waals surface area contributed by atoms with Gasteiger partial charge in [0.2, 0.25) is 15.9 Å². The highest BCUT2D eigenvalue weighted by atomic mass is 32.2. The van der Waals surface area contributed by atoms with Crippen molar-refractivity contribution in [3.05, 3.63) is 59.4 Å². The first kappa shape index (κ1) is 20.5. The number of carbonyl (C=O) groups is 1. The minimum atomic E-state index is -3.78. The SMILES string of the molecule is CC(=O)N1CCCc2cc(S(=O)(=O)N[C@@H](c3ccc(F)cc3)C(C)C)ccc21. The van der Waals surface area contributed by atoms with Gasteiger partial charge < -0.3 is 4.90 Å². The van der Waals surface area contributed by atoms with Crippen molar-refractivity contribution in [1.82, 2.24) is 4.72 Å². The Bertz CT molecular complexity index is 972. The van der Waals surface area contributed by atoms with Crippen molar-refractivity contribution in [3.8, 4) is 0 Å². The largest absolute Gasteiger partial charge is 0.312 e. The molecule has 5 nitrogen and oxygen atoms in total. The molecule has 0 aromatic heterocycles. The zero-order chi connectivity index (χ0) is 20.5. The van der Waals surface area contributed by atoms with Crippen LogP contribution in [0.5, 0.6) is 0 Å². The standard InChI is InChI=1S/C21H25FN2O3S/c1-14(2)21(16-6-8-18(22)9-7-16)23-28(26,27)19-10-11-20-17(13-19)5-4-12-24(20)15(3)25/h6-11,13-14,21,23H,4-5,12H2,1-3H3/t21-/m1/s1. The highest BCUT2D eigenvalue weighted by Gasteiger charge is 2.26. The number of amides is 1. The molecule has 0 radical (unpaired) electrons. The molecule has 0 aliphatic carbocycles. The number of carbonyl (C=O) groups excluding carboxylic acids is 1. The normalized spacial score (nSPS) is 15.4. The van der Waals surface area contributed by atoms with Crippen molar-refractivity contribution < 1.29 is 17.6 Å². The molecule has 28 heavy (non-hydrogen) atoms. The second kappa shape index (κ2) is 8.01. The number of halogens is 1. The summed E-state index contributed by atoms with van der Waals surface area (Å²) in [6.45, 7) is 5.98. The van der Waals surface area contributed by atoms with E-state index in [1.54, 1.807) is 29.2 Å². The highest BCUT2D eigenvalue weighted by molar-refractivity contribution is 7.89. The van der Waals surface area contributed by atoms with E-state index in [2.05, 4.69) is 4.72 Å². The fourth-order valence-corrected chi connectivity index (χ4v) is 4.99. The first-order chi connectivity index (χ1) is 13.2. The summed E-state index contributed by atoms with van der Waals surface area (Å²) in [5.41, 5.74) is 2.34. The van der Waals surface area contributed by atoms with Crippen molar-refractivity contribution in [2.24, 2.45) is 5.92 Å². The molecule has 2 aromatic carbocycles. The molecule has 0 saturated carbocycles. The fraction of sp³-hybridized carbons (Fsp3) is 0.381. The lowest BCUT2D eigenvalue weighted by Gasteiger charge is -2.29. The molecule has 1 aliphatic rings. The van der Waals surface area contributed by atoms with Gasteiger partial charge in [-0.1, -0.05) is 26.0 Å². The Balaban J connectivity index is 1.91. The highest BCUT2D eigenvalue weighted by Crippen LogP contribution is 2.31. The van der Waals surface area contributed by atoms with Gasteiger partial charge in [0.25, 0.3) is 0 Å². The average molecular weight is 405 g/mol. The molecule has 2 aromatic rings. The van der Waals surface area contributed by atoms with Gasteiger partial charge >= 0.3 is 0 Å². The van der Waals surface area contributed by atoms with E-state index in [0.717, 1.165) is 24.1 Å². The molecule has 1 N–H and O–H groups in total. The number of anilines is 1. The molecular weight excluding hydrogens is 379 g/mol. The van der Waals surface area contributed by atoms with E-state index >= 15 is 0 Å². The number of hydrogen-bond donors (Lipinski definition) is 1. The van der Waals surface area contributed by atoms with Gasteiger partial charge in [0.1, 0.15) is 5.82 Å². The smallest absolute Gasteiger partial charge is 0.241 e. The summed E-state index contributed by atoms with van der Waals surface area (Å²) in [5.74, 6) is -0.434. The Morgan fingerprint density at radius 1 is 1.14 bits per heavy atom. The average Bonchev–Trinajstić information content (AvgIpc) is 2.65. The molecule has 7 heteroatoms. The number of hydrogen-bond acceptors (Lipinski definition) is 3. The van der Waals surface area contributed by atoms with Gasteiger partial charge in [-0.15, -0.1) is 0 Å². The molecule has 0 spiro atoms. The van der Waals surface area contributed by atoms with E-state index in [9.17, 15) is 17.6 Å². The summed E-state index contributed by atoms with van der Waals surface area (Å²) in [6.07, 6.45) is 1.53. The van der Waals surface area contributed by atoms with Gasteiger partial charge in [-0.2, -0.15) is 0 Å². The topological polar surface area (TPSA) is 66.5 Å². The molecule has 1 heterocycles. The third-order valence-electron chi connectivity index (χ3n) is 5.04. The molecular formula is C21H25FN2O3S. The summed E-state index contributed by atoms with van der Waals surface area (Å²) in [5, 5.41) is 0. The molecule has 0 bridgehead atoms. The first-order valence-corrected chi connectivity index (χ1v) is 10.9. The van der Waals surface area contributed by atoms with Crippen molar-refractivity contribution in [2.75, 3.05) is 11.4 Å². The number of rotatable bonds is 5. The van der Waals surface area contributed by atoms with Crippen molar-refractivity contribution >= 4 is 21.6 Å². The van der Waals surface area contributed by atoms with E-state index in [4.69, 9.17) is 0 Å². The lowest BCUT2D eigenvalue weighted by molar-refractivity contribution is -0.116. The molecule has 3 rings (SSSR count). The second-order valence-corrected chi connectivity index (χ2v) is 9.17. The van der Waals surface area contributed by atoms with Crippen LogP contribution in [-0.2, 0) is 21.2 Å². The maximum atomic E-state index is 13.2. The van der Waals surface area contributed by atoms with E-state index in [1.165, 1.54) is 25.1 Å². The first-order valence-electron chi connectivity index (χ1n) is 9.38. The van der Waals surface area contributed by atoms with Crippen molar-refractivity contribution in [1.29, 1.82) is 0 Å². The molecule has 1 aliphatic heterocycles. The lowest BCUT2D eigenvalue weighted by Crippen LogP contribution is -2.34. The Labute approximate surface area is 165 Å². The summed E-state index contributed by atoms with van der Waals surface area (Å²) >= 11 is 0. The predicted octanol–water partition coefficient (Wildman–Crippen LogP) is 3.80. The minimum absolute atomic E-state index is 0.0222. The maximum Gasteiger partial charge on any atom is 0.241 e. The Morgan fingerprint density at radius 2 is 1.82 bits per heavy atom. The summed E-state index contributed by atoms with van der Waals surface area (Å²) < 4.78 is 42.0. The molecule has 0 unspecified atom stereocenters. The van der Waals surface area contributed by atoms with E-state index < -0.39 is 16.1 Å². The van der Waals surface area contributed by atoms with Crippen LogP contribution in [0.2, 0.25) is 0 Å². The van der Waals surface area contributed by atoms with Crippen molar-refractivity contribution in [3.63, 3.8) is 0 Å². The Morgan fingerprint density at radius 3 is 2.43 bits per heavy atom. The van der Waals surface area contributed by atoms with Crippen LogP contribution in [-0.4, -0.2) is 20.9 Å². The molecule has 150 valence electrons. The Kier molecular flexibility index (Phi) is 5.86. The summed E-state index contributed by atoms with van der Waals surface area (Å²) in [6, 6.07) is 10.3. The van der Waals surface area contributed by atoms with Gasteiger partial charge in [0, 0.05) is 25.2 Å². The maximum absolute atomic E-state index is 13.2. The molecule has 1 atom stereocenters. The lowest BCUT2D eigenvalue weighted by atomic mass is 9.97. The number of fused-ring (bicyclic) bond motifs is 1. The van der Waals surface area contributed by atoms with E-state index in [-0.39, 0.29) is 22.5 Å². The molecule has 0 saturated heterocycles. The zero-order valence-electron chi connectivity index (χ0n) is 16.3. The van der Waals surface area contributed by atoms with Gasteiger partial charge in [0.15, 0.2) is 0 Å². The van der Waals surface area contributed by atoms with Crippen molar-refractivity contribution in [2.45, 2.75) is 44.6 Å². The van der Waals surface area contributed by atoms with E-state index in [1.807, 2.05) is 13.8 Å². The van der Waals surface area contributed by atoms with Gasteiger partial charge in [-0.3, -0.25) is 4.79 Å². The van der Waals surface area contributed by atoms with Crippen LogP contribution in [0, 0.1) is 11.7 Å². The van der Waals surface area contributed by atoms with E-state index in [0.29, 0.717) is 12.1 Å². The van der Waals surface area contributed by atoms with Gasteiger partial charge in [-0.25, -0.2) is 17.5 Å². The number of sulfonamides is 1. The van der Waals surface area contributed by atoms with Crippen LogP contribution in [0.1, 0.15) is 44.4 Å². The monoisotopic (exact) mass is 404 g/mol. The molecule has 1 amide bonds. The Hall–Kier alpha value is -2.25. The zero-order valence-corrected chi connectivity index (χ0v) is 17.1. The third kappa shape index (κ3) is 4.25. The summed E-state index contributed by atoms with van der Waals surface area (Å²) in [4.78, 5) is 13.7. The summed E-state index contributed by atoms with van der Waals surface area (Å²) in [7, 11) is -3.78. The quantitative estimate of drug-likeness (QED) is 0.824. The minimum Gasteiger partial charge on any atom is -0.312 e. The van der Waals surface area contributed by atoms with Gasteiger partial charge in [-0.05, 0) is 60.2 Å². The number of nitrogens with zero attached hydrogens (tertiary/aromatic N) is 1. The second-order valence-electron chi connectivity index (χ2n) is 7.46. The van der Waals surface area contributed by atoms with Crippen LogP contribution in [0.25, 0.3) is 0 Å². The molecule has 0 fully saturated rings. The fourth-order valence-electron chi connectivity index (χ4n) is 3.56. The predicted molar refractivity (Wildman–Crippen MR) is 107 cm³/mol. The van der Waals surface area contributed by atoms with Gasteiger partial charge in [0.05, 0.1) is 4.90 Å².